The van der Waals surface area contributed by atoms with Crippen LogP contribution in [0.5, 0.6) is 0 Å². The van der Waals surface area contributed by atoms with Crippen LogP contribution in [0, 0.1) is 5.92 Å². The topological polar surface area (TPSA) is 75.7 Å². The molecule has 0 amide bonds. The van der Waals surface area contributed by atoms with Gasteiger partial charge < -0.3 is 20.7 Å². The molecular weight excluding hydrogens is 146 g/mol. The van der Waals surface area contributed by atoms with Crippen molar-refractivity contribution in [3.8, 4) is 0 Å². The summed E-state index contributed by atoms with van der Waals surface area (Å²) in [5, 5.41) is 18.7. The molecule has 1 unspecified atom stereocenters. The van der Waals surface area contributed by atoms with Crippen molar-refractivity contribution in [3.63, 3.8) is 0 Å². The Morgan fingerprint density at radius 3 is 2.27 bits per heavy atom. The molecule has 5 atom stereocenters. The van der Waals surface area contributed by atoms with E-state index in [-0.39, 0.29) is 12.0 Å². The highest BCUT2D eigenvalue weighted by molar-refractivity contribution is 4.85. The summed E-state index contributed by atoms with van der Waals surface area (Å²) >= 11 is 0. The number of rotatable bonds is 0. The number of aliphatic hydroxyl groups is 2. The van der Waals surface area contributed by atoms with Crippen molar-refractivity contribution in [2.24, 2.45) is 11.7 Å². The summed E-state index contributed by atoms with van der Waals surface area (Å²) in [5.41, 5.74) is 5.53. The fourth-order valence-electron chi connectivity index (χ4n) is 1.24. The molecule has 0 aliphatic carbocycles. The molecule has 0 aromatic carbocycles. The van der Waals surface area contributed by atoms with Crippen LogP contribution in [0.1, 0.15) is 13.8 Å². The Hall–Kier alpha value is -0.160. The molecule has 0 radical (unpaired) electrons. The zero-order valence-corrected chi connectivity index (χ0v) is 6.77. The third kappa shape index (κ3) is 1.54. The summed E-state index contributed by atoms with van der Waals surface area (Å²) in [5.74, 6) is -0.207. The second kappa shape index (κ2) is 3.06. The average Bonchev–Trinajstić information content (AvgIpc) is 1.97. The minimum Gasteiger partial charge on any atom is -0.390 e. The Kier molecular flexibility index (Phi) is 2.49. The first kappa shape index (κ1) is 8.93. The van der Waals surface area contributed by atoms with Gasteiger partial charge in [-0.05, 0) is 6.92 Å². The van der Waals surface area contributed by atoms with E-state index in [1.807, 2.05) is 0 Å². The minimum atomic E-state index is -0.815. The van der Waals surface area contributed by atoms with Crippen LogP contribution >= 0.6 is 0 Å². The monoisotopic (exact) mass is 161 g/mol. The normalized spacial score (nSPS) is 52.6. The van der Waals surface area contributed by atoms with E-state index in [0.29, 0.717) is 0 Å². The molecule has 0 aromatic heterocycles. The van der Waals surface area contributed by atoms with Gasteiger partial charge in [-0.3, -0.25) is 0 Å². The molecule has 1 fully saturated rings. The van der Waals surface area contributed by atoms with Crippen molar-refractivity contribution in [1.29, 1.82) is 0 Å². The van der Waals surface area contributed by atoms with Gasteiger partial charge in [-0.2, -0.15) is 0 Å². The number of ether oxygens (including phenoxy) is 1. The van der Waals surface area contributed by atoms with E-state index in [9.17, 15) is 10.2 Å². The maximum absolute atomic E-state index is 9.38. The Balaban J connectivity index is 2.63. The molecule has 1 heterocycles. The molecule has 4 nitrogen and oxygen atoms in total. The highest BCUT2D eigenvalue weighted by Gasteiger charge is 2.38. The number of hydrogen-bond acceptors (Lipinski definition) is 4. The van der Waals surface area contributed by atoms with Crippen LogP contribution in [0.15, 0.2) is 0 Å². The lowest BCUT2D eigenvalue weighted by molar-refractivity contribution is -0.187. The minimum absolute atomic E-state index is 0.207. The summed E-state index contributed by atoms with van der Waals surface area (Å²) in [7, 11) is 0. The zero-order valence-electron chi connectivity index (χ0n) is 6.77. The van der Waals surface area contributed by atoms with Crippen molar-refractivity contribution < 1.29 is 14.9 Å². The van der Waals surface area contributed by atoms with Crippen LogP contribution in [0.25, 0.3) is 0 Å². The molecule has 0 saturated carbocycles. The smallest absolute Gasteiger partial charge is 0.111 e. The molecule has 1 aliphatic heterocycles. The molecule has 1 rings (SSSR count). The highest BCUT2D eigenvalue weighted by atomic mass is 16.5. The van der Waals surface area contributed by atoms with Gasteiger partial charge >= 0.3 is 0 Å². The Morgan fingerprint density at radius 2 is 1.73 bits per heavy atom. The third-order valence-electron chi connectivity index (χ3n) is 2.26. The van der Waals surface area contributed by atoms with Crippen molar-refractivity contribution >= 4 is 0 Å². The van der Waals surface area contributed by atoms with Gasteiger partial charge in [0, 0.05) is 5.92 Å². The fourth-order valence-corrected chi connectivity index (χ4v) is 1.24. The van der Waals surface area contributed by atoms with E-state index in [1.165, 1.54) is 0 Å². The summed E-state index contributed by atoms with van der Waals surface area (Å²) < 4.78 is 5.15. The zero-order chi connectivity index (χ0) is 8.59. The summed E-state index contributed by atoms with van der Waals surface area (Å²) in [4.78, 5) is 0. The van der Waals surface area contributed by atoms with Gasteiger partial charge in [0.15, 0.2) is 0 Å². The Bertz CT molecular complexity index is 128. The third-order valence-corrected chi connectivity index (χ3v) is 2.26. The molecule has 0 aromatic rings. The predicted molar refractivity (Wildman–Crippen MR) is 39.7 cm³/mol. The van der Waals surface area contributed by atoms with Gasteiger partial charge in [0.2, 0.25) is 0 Å². The van der Waals surface area contributed by atoms with Gasteiger partial charge in [-0.25, -0.2) is 0 Å². The second-order valence-electron chi connectivity index (χ2n) is 3.15. The van der Waals surface area contributed by atoms with Crippen LogP contribution in [0.2, 0.25) is 0 Å². The van der Waals surface area contributed by atoms with Gasteiger partial charge in [0.1, 0.15) is 12.3 Å². The van der Waals surface area contributed by atoms with E-state index < -0.39 is 18.4 Å². The van der Waals surface area contributed by atoms with Crippen LogP contribution in [-0.4, -0.2) is 34.8 Å². The molecule has 4 heteroatoms. The largest absolute Gasteiger partial charge is 0.390 e. The Morgan fingerprint density at radius 1 is 1.18 bits per heavy atom. The van der Waals surface area contributed by atoms with Crippen molar-refractivity contribution in [2.75, 3.05) is 0 Å². The molecule has 4 N–H and O–H groups in total. The molecule has 1 aliphatic rings. The molecule has 1 saturated heterocycles. The number of hydrogen-bond donors (Lipinski definition) is 3. The average molecular weight is 161 g/mol. The van der Waals surface area contributed by atoms with E-state index >= 15 is 0 Å². The number of nitrogens with two attached hydrogens (primary N) is 1. The molecule has 11 heavy (non-hydrogen) atoms. The lowest BCUT2D eigenvalue weighted by Gasteiger charge is -2.38. The van der Waals surface area contributed by atoms with E-state index in [4.69, 9.17) is 10.5 Å². The van der Waals surface area contributed by atoms with Gasteiger partial charge in [0.05, 0.1) is 12.2 Å². The first-order valence-electron chi connectivity index (χ1n) is 3.81. The maximum Gasteiger partial charge on any atom is 0.111 e. The molecular formula is C7H15NO3. The Labute approximate surface area is 66.0 Å². The summed E-state index contributed by atoms with van der Waals surface area (Å²) in [6, 6.07) is 0. The van der Waals surface area contributed by atoms with Crippen LogP contribution in [-0.2, 0) is 4.74 Å². The molecule has 66 valence electrons. The van der Waals surface area contributed by atoms with E-state index in [2.05, 4.69) is 0 Å². The lowest BCUT2D eigenvalue weighted by Crippen LogP contribution is -2.55. The summed E-state index contributed by atoms with van der Waals surface area (Å²) in [6.07, 6.45) is -2.43. The van der Waals surface area contributed by atoms with Crippen molar-refractivity contribution in [3.05, 3.63) is 0 Å². The van der Waals surface area contributed by atoms with Crippen molar-refractivity contribution in [1.82, 2.24) is 0 Å². The van der Waals surface area contributed by atoms with Gasteiger partial charge in [0.25, 0.3) is 0 Å². The van der Waals surface area contributed by atoms with Crippen LogP contribution in [0.3, 0.4) is 0 Å². The number of aliphatic hydroxyl groups excluding tert-OH is 2. The van der Waals surface area contributed by atoms with Crippen LogP contribution < -0.4 is 5.73 Å². The quantitative estimate of drug-likeness (QED) is 0.428. The first-order valence-corrected chi connectivity index (χ1v) is 3.81. The SMILES string of the molecule is C[C@@H]1OC(N)[C@@H](C)[C@H](O)[C@@H]1O. The summed E-state index contributed by atoms with van der Waals surface area (Å²) in [6.45, 7) is 3.45. The maximum atomic E-state index is 9.38. The fraction of sp³-hybridized carbons (Fsp3) is 1.00. The van der Waals surface area contributed by atoms with Crippen LogP contribution in [0.4, 0.5) is 0 Å². The standard InChI is InChI=1S/C7H15NO3/c1-3-5(9)6(10)4(2)11-7(3)8/h3-7,9-10H,8H2,1-2H3/t3-,4-,5-,6+,7?/m0/s1. The highest BCUT2D eigenvalue weighted by Crippen LogP contribution is 2.22. The lowest BCUT2D eigenvalue weighted by atomic mass is 9.92. The van der Waals surface area contributed by atoms with E-state index in [0.717, 1.165) is 0 Å². The second-order valence-corrected chi connectivity index (χ2v) is 3.15. The van der Waals surface area contributed by atoms with Crippen molar-refractivity contribution in [2.45, 2.75) is 38.4 Å². The van der Waals surface area contributed by atoms with Gasteiger partial charge in [-0.1, -0.05) is 6.92 Å². The van der Waals surface area contributed by atoms with E-state index in [1.54, 1.807) is 13.8 Å². The predicted octanol–water partition coefficient (Wildman–Crippen LogP) is -0.952. The first-order chi connectivity index (χ1) is 5.04. The van der Waals surface area contributed by atoms with Gasteiger partial charge in [-0.15, -0.1) is 0 Å². The molecule has 0 spiro atoms. The molecule has 0 bridgehead atoms.